The van der Waals surface area contributed by atoms with Crippen molar-refractivity contribution >= 4 is 15.9 Å². The van der Waals surface area contributed by atoms with Crippen molar-refractivity contribution in [1.29, 1.82) is 0 Å². The van der Waals surface area contributed by atoms with Crippen LogP contribution in [0, 0.1) is 5.82 Å². The fraction of sp³-hybridized carbons (Fsp3) is 0.500. The number of hydrogen-bond donors (Lipinski definition) is 1. The Kier molecular flexibility index (Phi) is 3.11. The lowest BCUT2D eigenvalue weighted by atomic mass is 10.1. The third-order valence-electron chi connectivity index (χ3n) is 3.75. The molecule has 0 saturated carbocycles. The number of benzene rings is 1. The number of halogens is 1. The summed E-state index contributed by atoms with van der Waals surface area (Å²) in [5.41, 5.74) is 5.85. The van der Waals surface area contributed by atoms with Crippen molar-refractivity contribution in [2.45, 2.75) is 18.6 Å². The molecule has 2 N–H and O–H groups in total. The Labute approximate surface area is 117 Å². The average Bonchev–Trinajstić information content (AvgIpc) is 2.80. The van der Waals surface area contributed by atoms with Gasteiger partial charge in [0.15, 0.2) is 0 Å². The SMILES string of the molecule is CN1CC2[C@@H](Oc3cc(N)cc(F)c3)CCN2S1(=O)=O. The molecular formula is C12H16FN3O3S. The highest BCUT2D eigenvalue weighted by molar-refractivity contribution is 7.87. The molecule has 2 aliphatic rings. The Balaban J connectivity index is 1.80. The van der Waals surface area contributed by atoms with Crippen molar-refractivity contribution in [2.75, 3.05) is 25.9 Å². The van der Waals surface area contributed by atoms with Crippen molar-refractivity contribution in [3.8, 4) is 5.75 Å². The average molecular weight is 301 g/mol. The highest BCUT2D eigenvalue weighted by atomic mass is 32.2. The number of nitrogen functional groups attached to an aromatic ring is 1. The summed E-state index contributed by atoms with van der Waals surface area (Å²) in [5, 5.41) is 0. The van der Waals surface area contributed by atoms with Crippen molar-refractivity contribution in [1.82, 2.24) is 8.61 Å². The van der Waals surface area contributed by atoms with Crippen LogP contribution in [0.15, 0.2) is 18.2 Å². The largest absolute Gasteiger partial charge is 0.488 e. The van der Waals surface area contributed by atoms with Crippen LogP contribution in [0.3, 0.4) is 0 Å². The van der Waals surface area contributed by atoms with E-state index in [1.165, 1.54) is 20.7 Å². The first-order valence-corrected chi connectivity index (χ1v) is 7.73. The molecule has 20 heavy (non-hydrogen) atoms. The number of rotatable bonds is 2. The van der Waals surface area contributed by atoms with Gasteiger partial charge in [0.1, 0.15) is 17.7 Å². The van der Waals surface area contributed by atoms with E-state index in [0.29, 0.717) is 25.3 Å². The first kappa shape index (κ1) is 13.6. The van der Waals surface area contributed by atoms with Gasteiger partial charge < -0.3 is 10.5 Å². The van der Waals surface area contributed by atoms with Crippen molar-refractivity contribution in [3.63, 3.8) is 0 Å². The third kappa shape index (κ3) is 2.13. The predicted octanol–water partition coefficient (Wildman–Crippen LogP) is 0.420. The van der Waals surface area contributed by atoms with E-state index in [4.69, 9.17) is 10.5 Å². The number of likely N-dealkylation sites (N-methyl/N-ethyl adjacent to an activating group) is 1. The molecule has 2 aliphatic heterocycles. The van der Waals surface area contributed by atoms with E-state index in [1.807, 2.05) is 0 Å². The lowest BCUT2D eigenvalue weighted by Crippen LogP contribution is -2.35. The minimum absolute atomic E-state index is 0.227. The van der Waals surface area contributed by atoms with Crippen molar-refractivity contribution in [3.05, 3.63) is 24.0 Å². The molecule has 0 aliphatic carbocycles. The second-order valence-electron chi connectivity index (χ2n) is 5.13. The van der Waals surface area contributed by atoms with Gasteiger partial charge in [-0.15, -0.1) is 0 Å². The minimum Gasteiger partial charge on any atom is -0.488 e. The Hall–Kier alpha value is -1.38. The van der Waals surface area contributed by atoms with E-state index in [1.54, 1.807) is 13.1 Å². The molecule has 2 atom stereocenters. The summed E-state index contributed by atoms with van der Waals surface area (Å²) >= 11 is 0. The molecule has 8 heteroatoms. The summed E-state index contributed by atoms with van der Waals surface area (Å²) in [4.78, 5) is 0. The van der Waals surface area contributed by atoms with E-state index in [9.17, 15) is 12.8 Å². The van der Waals surface area contributed by atoms with Gasteiger partial charge >= 0.3 is 0 Å². The highest BCUT2D eigenvalue weighted by Gasteiger charge is 2.50. The molecule has 2 heterocycles. The van der Waals surface area contributed by atoms with Crippen LogP contribution in [0.25, 0.3) is 0 Å². The Morgan fingerprint density at radius 2 is 2.15 bits per heavy atom. The summed E-state index contributed by atoms with van der Waals surface area (Å²) < 4.78 is 45.8. The van der Waals surface area contributed by atoms with Crippen LogP contribution in [0.4, 0.5) is 10.1 Å². The van der Waals surface area contributed by atoms with E-state index < -0.39 is 16.0 Å². The van der Waals surface area contributed by atoms with Gasteiger partial charge in [0, 0.05) is 38.0 Å². The van der Waals surface area contributed by atoms with E-state index in [2.05, 4.69) is 0 Å². The maximum Gasteiger partial charge on any atom is 0.282 e. The van der Waals surface area contributed by atoms with Gasteiger partial charge in [-0.25, -0.2) is 4.39 Å². The second kappa shape index (κ2) is 4.57. The Bertz CT molecular complexity index is 617. The van der Waals surface area contributed by atoms with Crippen LogP contribution < -0.4 is 10.5 Å². The number of fused-ring (bicyclic) bond motifs is 1. The standard InChI is InChI=1S/C12H16FN3O3S/c1-15-7-11-12(2-3-16(11)20(15,17)18)19-10-5-8(13)4-9(14)6-10/h4-6,11-12H,2-3,7,14H2,1H3/t11?,12-/m0/s1. The summed E-state index contributed by atoms with van der Waals surface area (Å²) in [6, 6.07) is 3.78. The summed E-state index contributed by atoms with van der Waals surface area (Å²) in [6.45, 7) is 0.810. The topological polar surface area (TPSA) is 75.9 Å². The monoisotopic (exact) mass is 301 g/mol. The fourth-order valence-corrected chi connectivity index (χ4v) is 4.37. The van der Waals surface area contributed by atoms with E-state index in [0.717, 1.165) is 0 Å². The van der Waals surface area contributed by atoms with Crippen LogP contribution in [0.2, 0.25) is 0 Å². The molecule has 2 fully saturated rings. The molecule has 0 radical (unpaired) electrons. The van der Waals surface area contributed by atoms with Gasteiger partial charge in [0.05, 0.1) is 6.04 Å². The van der Waals surface area contributed by atoms with E-state index >= 15 is 0 Å². The number of nitrogens with zero attached hydrogens (tertiary/aromatic N) is 2. The molecule has 0 amide bonds. The molecule has 2 saturated heterocycles. The quantitative estimate of drug-likeness (QED) is 0.803. The molecule has 1 aromatic carbocycles. The van der Waals surface area contributed by atoms with Gasteiger partial charge in [-0.2, -0.15) is 17.0 Å². The second-order valence-corrected chi connectivity index (χ2v) is 7.12. The fourth-order valence-electron chi connectivity index (χ4n) is 2.79. The zero-order valence-corrected chi connectivity index (χ0v) is 11.8. The zero-order valence-electron chi connectivity index (χ0n) is 11.0. The summed E-state index contributed by atoms with van der Waals surface area (Å²) in [7, 11) is -1.81. The molecule has 3 rings (SSSR count). The normalized spacial score (nSPS) is 29.5. The number of hydrogen-bond acceptors (Lipinski definition) is 4. The molecular weight excluding hydrogens is 285 g/mol. The van der Waals surface area contributed by atoms with Crippen LogP contribution in [-0.2, 0) is 10.2 Å². The maximum absolute atomic E-state index is 13.3. The molecule has 0 spiro atoms. The lowest BCUT2D eigenvalue weighted by molar-refractivity contribution is 0.169. The highest BCUT2D eigenvalue weighted by Crippen LogP contribution is 2.33. The van der Waals surface area contributed by atoms with Crippen molar-refractivity contribution < 1.29 is 17.5 Å². The van der Waals surface area contributed by atoms with Gasteiger partial charge in [-0.05, 0) is 12.5 Å². The van der Waals surface area contributed by atoms with Gasteiger partial charge in [0.25, 0.3) is 10.2 Å². The summed E-state index contributed by atoms with van der Waals surface area (Å²) in [6.07, 6.45) is 0.310. The first-order chi connectivity index (χ1) is 9.38. The number of nitrogens with two attached hydrogens (primary N) is 1. The first-order valence-electron chi connectivity index (χ1n) is 6.34. The third-order valence-corrected chi connectivity index (χ3v) is 5.73. The van der Waals surface area contributed by atoms with Gasteiger partial charge in [0.2, 0.25) is 0 Å². The number of ether oxygens (including phenoxy) is 1. The predicted molar refractivity (Wildman–Crippen MR) is 71.9 cm³/mol. The minimum atomic E-state index is -3.36. The molecule has 0 aromatic heterocycles. The molecule has 1 aromatic rings. The van der Waals surface area contributed by atoms with Crippen LogP contribution in [0.1, 0.15) is 6.42 Å². The smallest absolute Gasteiger partial charge is 0.282 e. The van der Waals surface area contributed by atoms with Crippen LogP contribution in [-0.4, -0.2) is 49.3 Å². The van der Waals surface area contributed by atoms with Crippen LogP contribution in [0.5, 0.6) is 5.75 Å². The Morgan fingerprint density at radius 1 is 1.40 bits per heavy atom. The molecule has 6 nitrogen and oxygen atoms in total. The molecule has 110 valence electrons. The van der Waals surface area contributed by atoms with E-state index in [-0.39, 0.29) is 17.8 Å². The van der Waals surface area contributed by atoms with Gasteiger partial charge in [-0.3, -0.25) is 0 Å². The lowest BCUT2D eigenvalue weighted by Gasteiger charge is -2.19. The van der Waals surface area contributed by atoms with Crippen LogP contribution >= 0.6 is 0 Å². The molecule has 0 bridgehead atoms. The van der Waals surface area contributed by atoms with Gasteiger partial charge in [-0.1, -0.05) is 0 Å². The maximum atomic E-state index is 13.3. The summed E-state index contributed by atoms with van der Waals surface area (Å²) in [5.74, 6) is -0.132. The molecule has 1 unspecified atom stereocenters. The zero-order chi connectivity index (χ0) is 14.5. The number of anilines is 1. The Morgan fingerprint density at radius 3 is 2.85 bits per heavy atom. The van der Waals surface area contributed by atoms with Crippen molar-refractivity contribution in [2.24, 2.45) is 0 Å².